The first-order valence-electron chi connectivity index (χ1n) is 10.2. The van der Waals surface area contributed by atoms with Crippen LogP contribution >= 0.6 is 11.6 Å². The van der Waals surface area contributed by atoms with Gasteiger partial charge in [-0.3, -0.25) is 4.79 Å². The summed E-state index contributed by atoms with van der Waals surface area (Å²) in [5.41, 5.74) is 3.99. The van der Waals surface area contributed by atoms with Crippen molar-refractivity contribution in [3.05, 3.63) is 58.1 Å². The first-order chi connectivity index (χ1) is 14.5. The van der Waals surface area contributed by atoms with Crippen LogP contribution < -0.4 is 5.32 Å². The van der Waals surface area contributed by atoms with Crippen molar-refractivity contribution in [3.63, 3.8) is 0 Å². The number of benzene rings is 1. The van der Waals surface area contributed by atoms with E-state index in [1.165, 1.54) is 11.9 Å². The maximum atomic E-state index is 12.7. The second-order valence-electron chi connectivity index (χ2n) is 7.91. The molecule has 4 rings (SSSR count). The van der Waals surface area contributed by atoms with E-state index in [0.29, 0.717) is 43.4 Å². The Balaban J connectivity index is 1.43. The van der Waals surface area contributed by atoms with E-state index < -0.39 is 0 Å². The Morgan fingerprint density at radius 3 is 2.70 bits per heavy atom. The Hall–Kier alpha value is -2.51. The van der Waals surface area contributed by atoms with Gasteiger partial charge in [-0.05, 0) is 56.4 Å². The first kappa shape index (κ1) is 20.8. The Bertz CT molecular complexity index is 1040. The van der Waals surface area contributed by atoms with Gasteiger partial charge < -0.3 is 10.1 Å². The third kappa shape index (κ3) is 4.18. The lowest BCUT2D eigenvalue weighted by Gasteiger charge is -2.38. The second kappa shape index (κ2) is 8.70. The van der Waals surface area contributed by atoms with Gasteiger partial charge in [0.2, 0.25) is 5.91 Å². The predicted molar refractivity (Wildman–Crippen MR) is 115 cm³/mol. The van der Waals surface area contributed by atoms with E-state index in [0.717, 1.165) is 29.8 Å². The summed E-state index contributed by atoms with van der Waals surface area (Å²) in [4.78, 5) is 21.3. The average Bonchev–Trinajstić information content (AvgIpc) is 3.22. The van der Waals surface area contributed by atoms with Gasteiger partial charge in [0.1, 0.15) is 6.33 Å². The highest BCUT2D eigenvalue weighted by atomic mass is 35.5. The number of hydrogen-bond acceptors (Lipinski definition) is 5. The molecule has 3 heterocycles. The highest BCUT2D eigenvalue weighted by Crippen LogP contribution is 2.35. The van der Waals surface area contributed by atoms with E-state index in [1.807, 2.05) is 26.0 Å². The van der Waals surface area contributed by atoms with Crippen LogP contribution in [0, 0.1) is 13.8 Å². The fourth-order valence-electron chi connectivity index (χ4n) is 4.24. The van der Waals surface area contributed by atoms with Crippen LogP contribution in [-0.4, -0.2) is 45.2 Å². The Morgan fingerprint density at radius 1 is 1.23 bits per heavy atom. The summed E-state index contributed by atoms with van der Waals surface area (Å²) in [5.74, 6) is 0.620. The first-order valence-corrected chi connectivity index (χ1v) is 10.6. The van der Waals surface area contributed by atoms with Gasteiger partial charge in [-0.25, -0.2) is 9.50 Å². The molecule has 1 amide bonds. The number of nitrogens with one attached hydrogen (secondary N) is 1. The smallest absolute Gasteiger partial charge is 0.252 e. The average molecular weight is 428 g/mol. The highest BCUT2D eigenvalue weighted by Gasteiger charge is 2.34. The lowest BCUT2D eigenvalue weighted by Crippen LogP contribution is -2.44. The standard InChI is InChI=1S/C22H26ClN5O2/c1-15-19(16(2)28-21(27-15)25-14-26-28)7-8-20(29)24-13-22(9-11-30-12-10-22)17-3-5-18(23)6-4-17/h3-6,14H,7-13H2,1-2H3,(H,24,29). The maximum absolute atomic E-state index is 12.7. The summed E-state index contributed by atoms with van der Waals surface area (Å²) < 4.78 is 7.30. The number of rotatable bonds is 6. The molecule has 1 aliphatic rings. The van der Waals surface area contributed by atoms with Crippen LogP contribution in [0.25, 0.3) is 5.78 Å². The zero-order chi connectivity index (χ0) is 21.1. The number of amides is 1. The number of fused-ring (bicyclic) bond motifs is 1. The molecule has 0 atom stereocenters. The molecule has 1 aromatic carbocycles. The zero-order valence-electron chi connectivity index (χ0n) is 17.3. The van der Waals surface area contributed by atoms with Gasteiger partial charge in [-0.2, -0.15) is 10.1 Å². The molecule has 1 N–H and O–H groups in total. The summed E-state index contributed by atoms with van der Waals surface area (Å²) in [6.45, 7) is 5.92. The van der Waals surface area contributed by atoms with Gasteiger partial charge in [0, 0.05) is 48.0 Å². The number of halogens is 1. The summed E-state index contributed by atoms with van der Waals surface area (Å²) >= 11 is 6.07. The minimum absolute atomic E-state index is 0.0346. The molecule has 1 saturated heterocycles. The van der Waals surface area contributed by atoms with Gasteiger partial charge >= 0.3 is 0 Å². The number of ether oxygens (including phenoxy) is 1. The lowest BCUT2D eigenvalue weighted by atomic mass is 9.74. The number of carbonyl (C=O) groups excluding carboxylic acids is 1. The molecule has 3 aromatic rings. The van der Waals surface area contributed by atoms with Crippen molar-refractivity contribution in [1.29, 1.82) is 0 Å². The van der Waals surface area contributed by atoms with Crippen molar-refractivity contribution >= 4 is 23.3 Å². The number of aromatic nitrogens is 4. The fraction of sp³-hybridized carbons (Fsp3) is 0.455. The van der Waals surface area contributed by atoms with Gasteiger partial charge in [-0.15, -0.1) is 0 Å². The van der Waals surface area contributed by atoms with Crippen molar-refractivity contribution in [3.8, 4) is 0 Å². The highest BCUT2D eigenvalue weighted by molar-refractivity contribution is 6.30. The molecule has 0 bridgehead atoms. The van der Waals surface area contributed by atoms with Crippen LogP contribution in [0.1, 0.15) is 41.8 Å². The molecule has 1 fully saturated rings. The minimum Gasteiger partial charge on any atom is -0.381 e. The van der Waals surface area contributed by atoms with Crippen molar-refractivity contribution < 1.29 is 9.53 Å². The zero-order valence-corrected chi connectivity index (χ0v) is 18.1. The predicted octanol–water partition coefficient (Wildman–Crippen LogP) is 3.19. The molecule has 7 nitrogen and oxygen atoms in total. The molecule has 1 aliphatic heterocycles. The monoisotopic (exact) mass is 427 g/mol. The number of aryl methyl sites for hydroxylation is 2. The molecular weight excluding hydrogens is 402 g/mol. The Labute approximate surface area is 180 Å². The molecule has 0 spiro atoms. The molecule has 0 aliphatic carbocycles. The van der Waals surface area contributed by atoms with E-state index in [9.17, 15) is 4.79 Å². The van der Waals surface area contributed by atoms with E-state index in [4.69, 9.17) is 16.3 Å². The lowest BCUT2D eigenvalue weighted by molar-refractivity contribution is -0.121. The molecule has 0 unspecified atom stereocenters. The maximum Gasteiger partial charge on any atom is 0.252 e. The van der Waals surface area contributed by atoms with Crippen LogP contribution in [-0.2, 0) is 21.4 Å². The normalized spacial score (nSPS) is 16.0. The van der Waals surface area contributed by atoms with E-state index in [1.54, 1.807) is 4.52 Å². The number of carbonyl (C=O) groups is 1. The van der Waals surface area contributed by atoms with Crippen LogP contribution in [0.15, 0.2) is 30.6 Å². The van der Waals surface area contributed by atoms with E-state index in [-0.39, 0.29) is 11.3 Å². The Morgan fingerprint density at radius 2 is 1.97 bits per heavy atom. The van der Waals surface area contributed by atoms with Crippen LogP contribution in [0.2, 0.25) is 5.02 Å². The SMILES string of the molecule is Cc1nc2ncnn2c(C)c1CCC(=O)NCC1(c2ccc(Cl)cc2)CCOCC1. The quantitative estimate of drug-likeness (QED) is 0.653. The topological polar surface area (TPSA) is 81.4 Å². The molecule has 0 saturated carbocycles. The van der Waals surface area contributed by atoms with Crippen LogP contribution in [0.4, 0.5) is 0 Å². The summed E-state index contributed by atoms with van der Waals surface area (Å²) in [6.07, 6.45) is 4.26. The fourth-order valence-corrected chi connectivity index (χ4v) is 4.37. The number of hydrogen-bond donors (Lipinski definition) is 1. The van der Waals surface area contributed by atoms with Crippen molar-refractivity contribution in [2.75, 3.05) is 19.8 Å². The molecular formula is C22H26ClN5O2. The van der Waals surface area contributed by atoms with Gasteiger partial charge in [0.05, 0.1) is 0 Å². The largest absolute Gasteiger partial charge is 0.381 e. The summed E-state index contributed by atoms with van der Waals surface area (Å²) in [5, 5.41) is 8.10. The summed E-state index contributed by atoms with van der Waals surface area (Å²) in [7, 11) is 0. The van der Waals surface area contributed by atoms with Crippen LogP contribution in [0.5, 0.6) is 0 Å². The Kier molecular flexibility index (Phi) is 6.01. The van der Waals surface area contributed by atoms with Gasteiger partial charge in [0.25, 0.3) is 5.78 Å². The third-order valence-corrected chi connectivity index (χ3v) is 6.37. The van der Waals surface area contributed by atoms with Crippen LogP contribution in [0.3, 0.4) is 0 Å². The van der Waals surface area contributed by atoms with Gasteiger partial charge in [0.15, 0.2) is 0 Å². The molecule has 0 radical (unpaired) electrons. The van der Waals surface area contributed by atoms with Crippen molar-refractivity contribution in [2.45, 2.75) is 44.9 Å². The van der Waals surface area contributed by atoms with Crippen molar-refractivity contribution in [2.24, 2.45) is 0 Å². The minimum atomic E-state index is -0.120. The second-order valence-corrected chi connectivity index (χ2v) is 8.35. The van der Waals surface area contributed by atoms with E-state index >= 15 is 0 Å². The number of nitrogens with zero attached hydrogens (tertiary/aromatic N) is 4. The van der Waals surface area contributed by atoms with E-state index in [2.05, 4.69) is 32.5 Å². The molecule has 2 aromatic heterocycles. The summed E-state index contributed by atoms with van der Waals surface area (Å²) in [6, 6.07) is 7.95. The molecule has 158 valence electrons. The third-order valence-electron chi connectivity index (χ3n) is 6.12. The van der Waals surface area contributed by atoms with Crippen molar-refractivity contribution in [1.82, 2.24) is 24.9 Å². The van der Waals surface area contributed by atoms with Gasteiger partial charge in [-0.1, -0.05) is 23.7 Å². The molecule has 30 heavy (non-hydrogen) atoms. The molecule has 8 heteroatoms.